The second-order valence-electron chi connectivity index (χ2n) is 5.21. The van der Waals surface area contributed by atoms with Crippen molar-refractivity contribution in [3.63, 3.8) is 0 Å². The minimum Gasteiger partial charge on any atom is -0.490 e. The lowest BCUT2D eigenvalue weighted by molar-refractivity contribution is 0.0251. The highest BCUT2D eigenvalue weighted by Crippen LogP contribution is 2.38. The van der Waals surface area contributed by atoms with Gasteiger partial charge in [0.1, 0.15) is 6.33 Å². The molecular formula is C14H22N4O2. The van der Waals surface area contributed by atoms with Crippen LogP contribution in [0, 0.1) is 0 Å². The van der Waals surface area contributed by atoms with E-state index in [2.05, 4.69) is 20.2 Å². The van der Waals surface area contributed by atoms with Crippen LogP contribution in [0.2, 0.25) is 0 Å². The summed E-state index contributed by atoms with van der Waals surface area (Å²) >= 11 is 0. The van der Waals surface area contributed by atoms with Crippen LogP contribution in [0.1, 0.15) is 26.2 Å². The van der Waals surface area contributed by atoms with Gasteiger partial charge in [-0.15, -0.1) is 0 Å². The van der Waals surface area contributed by atoms with Crippen molar-refractivity contribution in [2.45, 2.75) is 38.3 Å². The third-order valence-corrected chi connectivity index (χ3v) is 4.09. The van der Waals surface area contributed by atoms with E-state index < -0.39 is 0 Å². The SMILES string of the molecule is CCNc1ncnc(N2CCOC3CCCC32)c1OC. The van der Waals surface area contributed by atoms with Crippen LogP contribution >= 0.6 is 0 Å². The van der Waals surface area contributed by atoms with Crippen molar-refractivity contribution in [2.75, 3.05) is 37.0 Å². The second-order valence-corrected chi connectivity index (χ2v) is 5.21. The second kappa shape index (κ2) is 5.83. The van der Waals surface area contributed by atoms with Crippen molar-refractivity contribution in [3.8, 4) is 5.75 Å². The number of anilines is 2. The van der Waals surface area contributed by atoms with Crippen LogP contribution in [0.15, 0.2) is 6.33 Å². The summed E-state index contributed by atoms with van der Waals surface area (Å²) in [5, 5.41) is 3.23. The van der Waals surface area contributed by atoms with Crippen molar-refractivity contribution in [2.24, 2.45) is 0 Å². The van der Waals surface area contributed by atoms with Crippen molar-refractivity contribution in [1.29, 1.82) is 0 Å². The van der Waals surface area contributed by atoms with Crippen LogP contribution in [-0.2, 0) is 4.74 Å². The van der Waals surface area contributed by atoms with Gasteiger partial charge in [0.15, 0.2) is 11.6 Å². The Morgan fingerprint density at radius 3 is 3.15 bits per heavy atom. The zero-order valence-corrected chi connectivity index (χ0v) is 12.1. The first-order valence-corrected chi connectivity index (χ1v) is 7.36. The largest absolute Gasteiger partial charge is 0.490 e. The number of aromatic nitrogens is 2. The number of fused-ring (bicyclic) bond motifs is 1. The van der Waals surface area contributed by atoms with Crippen LogP contribution in [0.3, 0.4) is 0 Å². The molecule has 1 saturated heterocycles. The van der Waals surface area contributed by atoms with E-state index in [0.29, 0.717) is 12.1 Å². The van der Waals surface area contributed by atoms with Gasteiger partial charge in [-0.3, -0.25) is 0 Å². The highest BCUT2D eigenvalue weighted by molar-refractivity contribution is 5.65. The van der Waals surface area contributed by atoms with Gasteiger partial charge in [-0.1, -0.05) is 0 Å². The minimum atomic E-state index is 0.339. The summed E-state index contributed by atoms with van der Waals surface area (Å²) in [5.41, 5.74) is 0. The summed E-state index contributed by atoms with van der Waals surface area (Å²) in [5.74, 6) is 2.39. The number of nitrogens with one attached hydrogen (secondary N) is 1. The van der Waals surface area contributed by atoms with Crippen molar-refractivity contribution >= 4 is 11.6 Å². The Labute approximate surface area is 119 Å². The number of morpholine rings is 1. The lowest BCUT2D eigenvalue weighted by Crippen LogP contribution is -2.49. The third kappa shape index (κ3) is 2.28. The van der Waals surface area contributed by atoms with Crippen LogP contribution in [0.5, 0.6) is 5.75 Å². The summed E-state index contributed by atoms with van der Waals surface area (Å²) in [6, 6.07) is 0.419. The van der Waals surface area contributed by atoms with Gasteiger partial charge in [-0.25, -0.2) is 9.97 Å². The van der Waals surface area contributed by atoms with Crippen molar-refractivity contribution < 1.29 is 9.47 Å². The van der Waals surface area contributed by atoms with Crippen LogP contribution < -0.4 is 15.0 Å². The Balaban J connectivity index is 1.94. The highest BCUT2D eigenvalue weighted by atomic mass is 16.5. The normalized spacial score (nSPS) is 25.4. The summed E-state index contributed by atoms with van der Waals surface area (Å²) in [6.07, 6.45) is 5.48. The fourth-order valence-electron chi connectivity index (χ4n) is 3.24. The summed E-state index contributed by atoms with van der Waals surface area (Å²) in [7, 11) is 1.68. The summed E-state index contributed by atoms with van der Waals surface area (Å²) in [6.45, 7) is 4.47. The first kappa shape index (κ1) is 13.4. The molecule has 0 aromatic carbocycles. The minimum absolute atomic E-state index is 0.339. The Kier molecular flexibility index (Phi) is 3.91. The molecule has 6 heteroatoms. The molecule has 0 radical (unpaired) electrons. The molecule has 2 heterocycles. The van der Waals surface area contributed by atoms with Gasteiger partial charge < -0.3 is 19.7 Å². The van der Waals surface area contributed by atoms with Crippen molar-refractivity contribution in [3.05, 3.63) is 6.33 Å². The third-order valence-electron chi connectivity index (χ3n) is 4.09. The van der Waals surface area contributed by atoms with Gasteiger partial charge in [0.25, 0.3) is 0 Å². The summed E-state index contributed by atoms with van der Waals surface area (Å²) < 4.78 is 11.4. The molecule has 1 aromatic rings. The molecule has 1 aliphatic carbocycles. The first-order chi connectivity index (χ1) is 9.85. The molecular weight excluding hydrogens is 256 g/mol. The summed E-state index contributed by atoms with van der Waals surface area (Å²) in [4.78, 5) is 11.1. The quantitative estimate of drug-likeness (QED) is 0.904. The van der Waals surface area contributed by atoms with Gasteiger partial charge in [-0.2, -0.15) is 0 Å². The van der Waals surface area contributed by atoms with Gasteiger partial charge in [0.05, 0.1) is 25.9 Å². The molecule has 3 rings (SSSR count). The maximum atomic E-state index is 5.86. The van der Waals surface area contributed by atoms with Crippen LogP contribution in [0.25, 0.3) is 0 Å². The maximum absolute atomic E-state index is 5.86. The predicted molar refractivity (Wildman–Crippen MR) is 77.5 cm³/mol. The standard InChI is InChI=1S/C14H22N4O2/c1-3-15-13-12(19-2)14(17-9-16-13)18-7-8-20-11-6-4-5-10(11)18/h9-11H,3-8H2,1-2H3,(H,15,16,17). The van der Waals surface area contributed by atoms with Crippen LogP contribution in [-0.4, -0.2) is 48.9 Å². The number of rotatable bonds is 4. The number of nitrogens with zero attached hydrogens (tertiary/aromatic N) is 3. The monoisotopic (exact) mass is 278 g/mol. The van der Waals surface area contributed by atoms with Gasteiger partial charge >= 0.3 is 0 Å². The molecule has 20 heavy (non-hydrogen) atoms. The number of hydrogen-bond donors (Lipinski definition) is 1. The fraction of sp³-hybridized carbons (Fsp3) is 0.714. The molecule has 2 aliphatic rings. The molecule has 0 bridgehead atoms. The fourth-order valence-corrected chi connectivity index (χ4v) is 3.24. The molecule has 2 unspecified atom stereocenters. The Morgan fingerprint density at radius 2 is 2.35 bits per heavy atom. The van der Waals surface area contributed by atoms with E-state index in [-0.39, 0.29) is 0 Å². The lowest BCUT2D eigenvalue weighted by atomic mass is 10.1. The zero-order chi connectivity index (χ0) is 13.9. The van der Waals surface area contributed by atoms with E-state index in [1.165, 1.54) is 6.42 Å². The average molecular weight is 278 g/mol. The van der Waals surface area contributed by atoms with Gasteiger partial charge in [-0.05, 0) is 26.2 Å². The Morgan fingerprint density at radius 1 is 1.45 bits per heavy atom. The lowest BCUT2D eigenvalue weighted by Gasteiger charge is -2.39. The van der Waals surface area contributed by atoms with E-state index in [1.54, 1.807) is 13.4 Å². The van der Waals surface area contributed by atoms with Crippen LogP contribution in [0.4, 0.5) is 11.6 Å². The zero-order valence-electron chi connectivity index (χ0n) is 12.1. The van der Waals surface area contributed by atoms with E-state index in [1.807, 2.05) is 6.92 Å². The molecule has 2 atom stereocenters. The molecule has 0 amide bonds. The van der Waals surface area contributed by atoms with Gasteiger partial charge in [0, 0.05) is 13.1 Å². The highest BCUT2D eigenvalue weighted by Gasteiger charge is 2.38. The molecule has 1 N–H and O–H groups in total. The molecule has 6 nitrogen and oxygen atoms in total. The Bertz CT molecular complexity index is 468. The van der Waals surface area contributed by atoms with E-state index in [4.69, 9.17) is 9.47 Å². The number of hydrogen-bond acceptors (Lipinski definition) is 6. The smallest absolute Gasteiger partial charge is 0.204 e. The molecule has 1 saturated carbocycles. The number of ether oxygens (including phenoxy) is 2. The molecule has 2 fully saturated rings. The first-order valence-electron chi connectivity index (χ1n) is 7.36. The molecule has 1 aliphatic heterocycles. The Hall–Kier alpha value is -1.56. The van der Waals surface area contributed by atoms with E-state index >= 15 is 0 Å². The molecule has 110 valence electrons. The number of methoxy groups -OCH3 is 1. The molecule has 1 aromatic heterocycles. The van der Waals surface area contributed by atoms with E-state index in [9.17, 15) is 0 Å². The van der Waals surface area contributed by atoms with Gasteiger partial charge in [0.2, 0.25) is 5.75 Å². The molecule has 0 spiro atoms. The topological polar surface area (TPSA) is 59.5 Å². The van der Waals surface area contributed by atoms with E-state index in [0.717, 1.165) is 49.9 Å². The predicted octanol–water partition coefficient (Wildman–Crippen LogP) is 1.67. The van der Waals surface area contributed by atoms with Crippen molar-refractivity contribution in [1.82, 2.24) is 9.97 Å². The average Bonchev–Trinajstić information content (AvgIpc) is 2.95. The maximum Gasteiger partial charge on any atom is 0.204 e.